The third kappa shape index (κ3) is 6.58. The summed E-state index contributed by atoms with van der Waals surface area (Å²) in [6, 6.07) is 8.96. The Kier molecular flexibility index (Phi) is 6.78. The second-order valence-electron chi connectivity index (χ2n) is 7.17. The van der Waals surface area contributed by atoms with E-state index < -0.39 is 29.2 Å². The topological polar surface area (TPSA) is 76.7 Å². The Morgan fingerprint density at radius 1 is 1.08 bits per heavy atom. The lowest BCUT2D eigenvalue weighted by Crippen LogP contribution is -2.61. The molecule has 1 rings (SSSR count). The van der Waals surface area contributed by atoms with E-state index in [1.54, 1.807) is 34.6 Å². The van der Waals surface area contributed by atoms with Crippen molar-refractivity contribution in [3.05, 3.63) is 35.9 Å². The van der Waals surface area contributed by atoms with Crippen molar-refractivity contribution < 1.29 is 19.1 Å². The summed E-state index contributed by atoms with van der Waals surface area (Å²) in [5.74, 6) is -0.452. The fraction of sp³-hybridized carbons (Fsp3) is 0.556. The summed E-state index contributed by atoms with van der Waals surface area (Å²) in [5.41, 5.74) is -0.484. The van der Waals surface area contributed by atoms with Crippen molar-refractivity contribution in [2.45, 2.75) is 58.3 Å². The molecule has 0 heterocycles. The van der Waals surface area contributed by atoms with Gasteiger partial charge in [0, 0.05) is 6.54 Å². The van der Waals surface area contributed by atoms with E-state index in [0.29, 0.717) is 6.54 Å². The van der Waals surface area contributed by atoms with Crippen molar-refractivity contribution in [3.63, 3.8) is 0 Å². The number of alkyl carbamates (subject to hydrolysis) is 1. The number of ether oxygens (including phenoxy) is 2. The Hall–Kier alpha value is -2.08. The minimum atomic E-state index is -0.899. The zero-order valence-corrected chi connectivity index (χ0v) is 15.3. The molecular formula is C18H28N2O4. The van der Waals surface area contributed by atoms with Gasteiger partial charge in [0.25, 0.3) is 0 Å². The molecule has 24 heavy (non-hydrogen) atoms. The summed E-state index contributed by atoms with van der Waals surface area (Å²) >= 11 is 0. The third-order valence-electron chi connectivity index (χ3n) is 3.33. The van der Waals surface area contributed by atoms with Crippen molar-refractivity contribution in [2.75, 3.05) is 7.11 Å². The van der Waals surface area contributed by atoms with Crippen LogP contribution in [0, 0.1) is 0 Å². The van der Waals surface area contributed by atoms with Gasteiger partial charge in [0.15, 0.2) is 0 Å². The normalized spacial score (nSPS) is 13.1. The molecule has 0 aliphatic rings. The number of hydrogen-bond acceptors (Lipinski definition) is 5. The summed E-state index contributed by atoms with van der Waals surface area (Å²) in [6.07, 6.45) is -0.581. The first-order chi connectivity index (χ1) is 11.0. The van der Waals surface area contributed by atoms with Crippen LogP contribution in [-0.2, 0) is 20.8 Å². The molecule has 0 saturated heterocycles. The van der Waals surface area contributed by atoms with Gasteiger partial charge in [0.05, 0.1) is 12.6 Å². The van der Waals surface area contributed by atoms with Gasteiger partial charge in [-0.05, 0) is 40.2 Å². The van der Waals surface area contributed by atoms with Crippen molar-refractivity contribution in [2.24, 2.45) is 0 Å². The second kappa shape index (κ2) is 8.15. The largest absolute Gasteiger partial charge is 0.468 e. The number of esters is 1. The number of benzene rings is 1. The second-order valence-corrected chi connectivity index (χ2v) is 7.17. The SMILES string of the molecule is COC(=O)C(NCc1ccccc1)C(C)(C)NC(=O)OC(C)(C)C. The quantitative estimate of drug-likeness (QED) is 0.781. The Morgan fingerprint density at radius 3 is 2.17 bits per heavy atom. The van der Waals surface area contributed by atoms with Crippen LogP contribution < -0.4 is 10.6 Å². The molecule has 0 fully saturated rings. The smallest absolute Gasteiger partial charge is 0.408 e. The Balaban J connectivity index is 2.81. The molecular weight excluding hydrogens is 308 g/mol. The highest BCUT2D eigenvalue weighted by Gasteiger charge is 2.38. The van der Waals surface area contributed by atoms with Crippen LogP contribution in [0.3, 0.4) is 0 Å². The Bertz CT molecular complexity index is 550. The Morgan fingerprint density at radius 2 is 1.67 bits per heavy atom. The lowest BCUT2D eigenvalue weighted by Gasteiger charge is -2.34. The first kappa shape index (κ1) is 20.0. The predicted octanol–water partition coefficient (Wildman–Crippen LogP) is 2.62. The van der Waals surface area contributed by atoms with Gasteiger partial charge in [-0.1, -0.05) is 30.3 Å². The highest BCUT2D eigenvalue weighted by atomic mass is 16.6. The first-order valence-electron chi connectivity index (χ1n) is 7.91. The summed E-state index contributed by atoms with van der Waals surface area (Å²) < 4.78 is 10.1. The van der Waals surface area contributed by atoms with Crippen LogP contribution in [0.25, 0.3) is 0 Å². The fourth-order valence-electron chi connectivity index (χ4n) is 2.21. The first-order valence-corrected chi connectivity index (χ1v) is 7.91. The molecule has 1 amide bonds. The van der Waals surface area contributed by atoms with Gasteiger partial charge in [-0.2, -0.15) is 0 Å². The molecule has 0 aromatic heterocycles. The van der Waals surface area contributed by atoms with E-state index in [1.165, 1.54) is 7.11 Å². The van der Waals surface area contributed by atoms with Crippen LogP contribution >= 0.6 is 0 Å². The number of nitrogens with one attached hydrogen (secondary N) is 2. The Labute approximate surface area is 143 Å². The lowest BCUT2D eigenvalue weighted by molar-refractivity contribution is -0.145. The molecule has 0 radical (unpaired) electrons. The minimum absolute atomic E-state index is 0.452. The van der Waals surface area contributed by atoms with Gasteiger partial charge < -0.3 is 14.8 Å². The average Bonchev–Trinajstić information content (AvgIpc) is 2.45. The van der Waals surface area contributed by atoms with Crippen molar-refractivity contribution >= 4 is 12.1 Å². The summed E-state index contributed by atoms with van der Waals surface area (Å²) in [7, 11) is 1.32. The van der Waals surface area contributed by atoms with Crippen molar-refractivity contribution in [3.8, 4) is 0 Å². The molecule has 0 aliphatic carbocycles. The average molecular weight is 336 g/mol. The summed E-state index contributed by atoms with van der Waals surface area (Å²) in [4.78, 5) is 24.2. The summed E-state index contributed by atoms with van der Waals surface area (Å²) in [5, 5.41) is 5.89. The van der Waals surface area contributed by atoms with E-state index in [9.17, 15) is 9.59 Å². The summed E-state index contributed by atoms with van der Waals surface area (Å²) in [6.45, 7) is 9.31. The van der Waals surface area contributed by atoms with Crippen LogP contribution in [0.5, 0.6) is 0 Å². The maximum absolute atomic E-state index is 12.2. The zero-order chi connectivity index (χ0) is 18.4. The molecule has 1 atom stereocenters. The van der Waals surface area contributed by atoms with E-state index in [-0.39, 0.29) is 0 Å². The molecule has 1 aromatic carbocycles. The number of methoxy groups -OCH3 is 1. The van der Waals surface area contributed by atoms with E-state index in [4.69, 9.17) is 9.47 Å². The number of rotatable bonds is 6. The molecule has 0 spiro atoms. The van der Waals surface area contributed by atoms with Crippen LogP contribution in [0.2, 0.25) is 0 Å². The number of hydrogen-bond donors (Lipinski definition) is 2. The zero-order valence-electron chi connectivity index (χ0n) is 15.3. The number of carbonyl (C=O) groups is 2. The highest BCUT2D eigenvalue weighted by molar-refractivity contribution is 5.79. The van der Waals surface area contributed by atoms with Gasteiger partial charge in [-0.25, -0.2) is 4.79 Å². The van der Waals surface area contributed by atoms with E-state index >= 15 is 0 Å². The van der Waals surface area contributed by atoms with Gasteiger partial charge in [-0.3, -0.25) is 10.1 Å². The maximum atomic E-state index is 12.2. The molecule has 1 aromatic rings. The van der Waals surface area contributed by atoms with Gasteiger partial charge in [0.2, 0.25) is 0 Å². The van der Waals surface area contributed by atoms with Crippen molar-refractivity contribution in [1.29, 1.82) is 0 Å². The van der Waals surface area contributed by atoms with Gasteiger partial charge >= 0.3 is 12.1 Å². The molecule has 2 N–H and O–H groups in total. The molecule has 1 unspecified atom stereocenters. The van der Waals surface area contributed by atoms with Crippen LogP contribution in [0.4, 0.5) is 4.79 Å². The predicted molar refractivity (Wildman–Crippen MR) is 92.5 cm³/mol. The molecule has 0 bridgehead atoms. The maximum Gasteiger partial charge on any atom is 0.408 e. The number of amides is 1. The molecule has 6 nitrogen and oxygen atoms in total. The molecule has 6 heteroatoms. The van der Waals surface area contributed by atoms with E-state index in [0.717, 1.165) is 5.56 Å². The fourth-order valence-corrected chi connectivity index (χ4v) is 2.21. The van der Waals surface area contributed by atoms with Gasteiger partial charge in [-0.15, -0.1) is 0 Å². The van der Waals surface area contributed by atoms with E-state index in [2.05, 4.69) is 10.6 Å². The van der Waals surface area contributed by atoms with Crippen molar-refractivity contribution in [1.82, 2.24) is 10.6 Å². The van der Waals surface area contributed by atoms with Crippen LogP contribution in [0.1, 0.15) is 40.2 Å². The lowest BCUT2D eigenvalue weighted by atomic mass is 9.94. The van der Waals surface area contributed by atoms with Crippen LogP contribution in [-0.4, -0.2) is 36.4 Å². The van der Waals surface area contributed by atoms with E-state index in [1.807, 2.05) is 30.3 Å². The third-order valence-corrected chi connectivity index (χ3v) is 3.33. The monoisotopic (exact) mass is 336 g/mol. The molecule has 0 saturated carbocycles. The standard InChI is InChI=1S/C18H28N2O4/c1-17(2,3)24-16(22)20-18(4,5)14(15(21)23-6)19-12-13-10-8-7-9-11-13/h7-11,14,19H,12H2,1-6H3,(H,20,22). The minimum Gasteiger partial charge on any atom is -0.468 e. The van der Waals surface area contributed by atoms with Crippen LogP contribution in [0.15, 0.2) is 30.3 Å². The molecule has 134 valence electrons. The highest BCUT2D eigenvalue weighted by Crippen LogP contribution is 2.15. The van der Waals surface area contributed by atoms with Gasteiger partial charge in [0.1, 0.15) is 11.6 Å². The number of carbonyl (C=O) groups excluding carboxylic acids is 2. The molecule has 0 aliphatic heterocycles.